The van der Waals surface area contributed by atoms with Crippen LogP contribution in [0.3, 0.4) is 0 Å². The van der Waals surface area contributed by atoms with E-state index >= 15 is 0 Å². The Balaban J connectivity index is 2.00. The summed E-state index contributed by atoms with van der Waals surface area (Å²) in [6.07, 6.45) is 0. The molecule has 1 N–H and O–H groups in total. The van der Waals surface area contributed by atoms with Crippen LogP contribution in [0.1, 0.15) is 0 Å². The average Bonchev–Trinajstić information content (AvgIpc) is 2.41. The Bertz CT molecular complexity index is 672. The van der Waals surface area contributed by atoms with Crippen molar-refractivity contribution in [3.8, 4) is 0 Å². The monoisotopic (exact) mass is 317 g/mol. The van der Waals surface area contributed by atoms with E-state index in [0.29, 0.717) is 11.4 Å². The normalized spacial score (nSPS) is 14.1. The van der Waals surface area contributed by atoms with Crippen molar-refractivity contribution in [2.45, 2.75) is 9.79 Å². The van der Waals surface area contributed by atoms with Gasteiger partial charge >= 0.3 is 0 Å². The van der Waals surface area contributed by atoms with Gasteiger partial charge in [0.25, 0.3) is 0 Å². The Morgan fingerprint density at radius 1 is 0.773 bits per heavy atom. The van der Waals surface area contributed by atoms with Gasteiger partial charge in [0, 0.05) is 34.1 Å². The molecule has 0 saturated carbocycles. The summed E-state index contributed by atoms with van der Waals surface area (Å²) in [6.45, 7) is 0. The summed E-state index contributed by atoms with van der Waals surface area (Å²) in [5.74, 6) is 0. The molecule has 22 heavy (non-hydrogen) atoms. The first-order valence-electron chi connectivity index (χ1n) is 6.99. The lowest BCUT2D eigenvalue weighted by atomic mass is 10.2. The van der Waals surface area contributed by atoms with Crippen molar-refractivity contribution in [3.05, 3.63) is 46.8 Å². The number of quaternary nitrogens is 2. The molecule has 6 heteroatoms. The fourth-order valence-electron chi connectivity index (χ4n) is 2.33. The van der Waals surface area contributed by atoms with Crippen molar-refractivity contribution in [1.82, 2.24) is 9.29 Å². The van der Waals surface area contributed by atoms with Crippen molar-refractivity contribution in [2.24, 2.45) is 0 Å². The summed E-state index contributed by atoms with van der Waals surface area (Å²) in [6, 6.07) is 11.4. The Morgan fingerprint density at radius 2 is 1.18 bits per heavy atom. The van der Waals surface area contributed by atoms with Gasteiger partial charge in [-0.1, -0.05) is 11.8 Å². The first-order chi connectivity index (χ1) is 10.1. The zero-order chi connectivity index (χ0) is 16.1. The second kappa shape index (κ2) is 4.97. The minimum Gasteiger partial charge on any atom is -0.628 e. The lowest BCUT2D eigenvalue weighted by Crippen LogP contribution is -2.32. The van der Waals surface area contributed by atoms with Crippen molar-refractivity contribution >= 4 is 34.5 Å². The molecule has 0 fully saturated rings. The zero-order valence-corrected chi connectivity index (χ0v) is 13.9. The zero-order valence-electron chi connectivity index (χ0n) is 13.1. The number of hydroxylamine groups is 4. The van der Waals surface area contributed by atoms with Crippen molar-refractivity contribution in [2.75, 3.05) is 33.5 Å². The van der Waals surface area contributed by atoms with Crippen LogP contribution < -0.4 is 14.6 Å². The summed E-state index contributed by atoms with van der Waals surface area (Å²) in [5.41, 5.74) is 3.37. The molecule has 3 rings (SSSR count). The third-order valence-electron chi connectivity index (χ3n) is 3.66. The maximum atomic E-state index is 12.1. The third kappa shape index (κ3) is 2.84. The van der Waals surface area contributed by atoms with E-state index in [1.807, 2.05) is 36.4 Å². The minimum atomic E-state index is -0.467. The van der Waals surface area contributed by atoms with E-state index in [1.165, 1.54) is 0 Å². The first-order valence-corrected chi connectivity index (χ1v) is 7.80. The Labute approximate surface area is 134 Å². The van der Waals surface area contributed by atoms with Crippen LogP contribution in [0.2, 0.25) is 0 Å². The molecular weight excluding hydrogens is 298 g/mol. The number of benzene rings is 2. The van der Waals surface area contributed by atoms with Crippen LogP contribution in [0.25, 0.3) is 0 Å². The Kier molecular flexibility index (Phi) is 3.47. The maximum absolute atomic E-state index is 12.1. The SMILES string of the molecule is C[N+](C)([O-])c1ccc2c(c1)Sc1cc([N+](C)(C)[O-])ccc1N2. The lowest BCUT2D eigenvalue weighted by Gasteiger charge is -2.35. The molecule has 5 nitrogen and oxygen atoms in total. The molecule has 1 heterocycles. The van der Waals surface area contributed by atoms with Gasteiger partial charge in [-0.05, 0) is 12.1 Å². The largest absolute Gasteiger partial charge is 0.628 e. The van der Waals surface area contributed by atoms with Gasteiger partial charge < -0.3 is 25.0 Å². The van der Waals surface area contributed by atoms with Gasteiger partial charge in [0.2, 0.25) is 0 Å². The molecule has 0 spiro atoms. The summed E-state index contributed by atoms with van der Waals surface area (Å²) < 4.78 is -0.934. The smallest absolute Gasteiger partial charge is 0.133 e. The Hall–Kier alpha value is -1.57. The highest BCUT2D eigenvalue weighted by Gasteiger charge is 2.21. The number of fused-ring (bicyclic) bond motifs is 2. The molecule has 1 aliphatic rings. The predicted octanol–water partition coefficient (Wildman–Crippen LogP) is 4.02. The van der Waals surface area contributed by atoms with Gasteiger partial charge in [-0.15, -0.1) is 0 Å². The molecular formula is C16H19N3O2S. The summed E-state index contributed by atoms with van der Waals surface area (Å²) in [5, 5.41) is 27.5. The minimum absolute atomic E-state index is 0.467. The van der Waals surface area contributed by atoms with E-state index in [2.05, 4.69) is 5.32 Å². The average molecular weight is 317 g/mol. The van der Waals surface area contributed by atoms with Crippen LogP contribution >= 0.6 is 11.8 Å². The van der Waals surface area contributed by atoms with Crippen molar-refractivity contribution in [1.29, 1.82) is 0 Å². The Morgan fingerprint density at radius 3 is 1.55 bits per heavy atom. The highest BCUT2D eigenvalue weighted by atomic mass is 32.2. The molecule has 2 aromatic carbocycles. The van der Waals surface area contributed by atoms with Gasteiger partial charge in [-0.25, -0.2) is 0 Å². The predicted molar refractivity (Wildman–Crippen MR) is 94.3 cm³/mol. The second-order valence-corrected chi connectivity index (χ2v) is 7.37. The summed E-state index contributed by atoms with van der Waals surface area (Å²) in [4.78, 5) is 2.00. The van der Waals surface area contributed by atoms with Crippen LogP contribution in [0.5, 0.6) is 0 Å². The van der Waals surface area contributed by atoms with Crippen molar-refractivity contribution in [3.63, 3.8) is 0 Å². The highest BCUT2D eigenvalue weighted by molar-refractivity contribution is 7.99. The highest BCUT2D eigenvalue weighted by Crippen LogP contribution is 2.47. The molecule has 2 aromatic rings. The molecule has 0 bridgehead atoms. The number of hydrogen-bond acceptors (Lipinski definition) is 4. The van der Waals surface area contributed by atoms with E-state index < -0.39 is 9.29 Å². The summed E-state index contributed by atoms with van der Waals surface area (Å²) >= 11 is 1.58. The molecule has 0 radical (unpaired) electrons. The van der Waals surface area contributed by atoms with Crippen LogP contribution in [0.15, 0.2) is 46.2 Å². The number of anilines is 2. The topological polar surface area (TPSA) is 58.1 Å². The van der Waals surface area contributed by atoms with E-state index in [-0.39, 0.29) is 0 Å². The number of nitrogens with one attached hydrogen (secondary N) is 1. The first kappa shape index (κ1) is 15.3. The quantitative estimate of drug-likeness (QED) is 0.573. The van der Waals surface area contributed by atoms with Crippen LogP contribution in [-0.4, -0.2) is 28.2 Å². The van der Waals surface area contributed by atoms with Crippen LogP contribution in [0, 0.1) is 10.4 Å². The molecule has 0 aliphatic carbocycles. The number of nitrogens with zero attached hydrogens (tertiary/aromatic N) is 2. The van der Waals surface area contributed by atoms with Gasteiger partial charge in [0.15, 0.2) is 0 Å². The van der Waals surface area contributed by atoms with E-state index in [4.69, 9.17) is 0 Å². The van der Waals surface area contributed by atoms with Crippen molar-refractivity contribution < 1.29 is 0 Å². The van der Waals surface area contributed by atoms with Crippen LogP contribution in [-0.2, 0) is 0 Å². The number of rotatable bonds is 2. The molecule has 1 aliphatic heterocycles. The summed E-state index contributed by atoms with van der Waals surface area (Å²) in [7, 11) is 6.41. The fourth-order valence-corrected chi connectivity index (χ4v) is 3.39. The molecule has 116 valence electrons. The second-order valence-electron chi connectivity index (χ2n) is 6.29. The lowest BCUT2D eigenvalue weighted by molar-refractivity contribution is 0.542. The molecule has 0 amide bonds. The van der Waals surface area contributed by atoms with E-state index in [9.17, 15) is 10.4 Å². The molecule has 0 saturated heterocycles. The maximum Gasteiger partial charge on any atom is 0.133 e. The van der Waals surface area contributed by atoms with E-state index in [0.717, 1.165) is 21.2 Å². The third-order valence-corrected chi connectivity index (χ3v) is 4.78. The van der Waals surface area contributed by atoms with Gasteiger partial charge in [0.05, 0.1) is 39.6 Å². The molecule has 0 aromatic heterocycles. The van der Waals surface area contributed by atoms with Crippen LogP contribution in [0.4, 0.5) is 22.7 Å². The standard InChI is InChI=1S/C16H19N3O2S/c1-18(2,20)11-5-7-13-15(9-11)22-16-10-12(19(3,4)21)6-8-14(16)17-13/h5-10,17H,1-4H3. The van der Waals surface area contributed by atoms with Gasteiger partial charge in [-0.3, -0.25) is 0 Å². The number of hydrogen-bond donors (Lipinski definition) is 1. The molecule has 0 atom stereocenters. The van der Waals surface area contributed by atoms with Gasteiger partial charge in [-0.2, -0.15) is 0 Å². The van der Waals surface area contributed by atoms with E-state index in [1.54, 1.807) is 40.0 Å². The van der Waals surface area contributed by atoms with Gasteiger partial charge in [0.1, 0.15) is 11.4 Å². The molecule has 0 unspecified atom stereocenters. The fraction of sp³-hybridized carbons (Fsp3) is 0.250.